The SMILES string of the molecule is CCCCCOc1ccc([C@H]2[C@@H]3CN(C)CC=C3C(C#N)=C(N)C2(C#N)C#N)cc1OC. The van der Waals surface area contributed by atoms with Crippen LogP contribution in [0.25, 0.3) is 0 Å². The molecule has 2 N–H and O–H groups in total. The molecule has 2 aliphatic rings. The topological polar surface area (TPSA) is 119 Å². The van der Waals surface area contributed by atoms with E-state index in [-0.39, 0.29) is 17.2 Å². The Morgan fingerprint density at radius 3 is 2.56 bits per heavy atom. The van der Waals surface area contributed by atoms with Crippen LogP contribution in [0.4, 0.5) is 0 Å². The van der Waals surface area contributed by atoms with Crippen molar-refractivity contribution >= 4 is 0 Å². The molecule has 0 radical (unpaired) electrons. The summed E-state index contributed by atoms with van der Waals surface area (Å²) in [4.78, 5) is 2.11. The molecule has 0 spiro atoms. The lowest BCUT2D eigenvalue weighted by Gasteiger charge is -2.45. The van der Waals surface area contributed by atoms with E-state index in [1.807, 2.05) is 31.3 Å². The molecule has 3 rings (SSSR count). The van der Waals surface area contributed by atoms with Crippen LogP contribution >= 0.6 is 0 Å². The van der Waals surface area contributed by atoms with Crippen LogP contribution in [0.2, 0.25) is 0 Å². The summed E-state index contributed by atoms with van der Waals surface area (Å²) < 4.78 is 11.5. The van der Waals surface area contributed by atoms with Crippen molar-refractivity contribution in [1.29, 1.82) is 15.8 Å². The number of ether oxygens (including phenoxy) is 2. The molecular formula is C25H29N5O2. The first-order valence-corrected chi connectivity index (χ1v) is 10.9. The fraction of sp³-hybridized carbons (Fsp3) is 0.480. The van der Waals surface area contributed by atoms with Crippen molar-refractivity contribution in [3.63, 3.8) is 0 Å². The van der Waals surface area contributed by atoms with Gasteiger partial charge >= 0.3 is 0 Å². The second kappa shape index (κ2) is 9.77. The van der Waals surface area contributed by atoms with Gasteiger partial charge in [-0.1, -0.05) is 31.9 Å². The van der Waals surface area contributed by atoms with Gasteiger partial charge in [-0.3, -0.25) is 0 Å². The predicted octanol–water partition coefficient (Wildman–Crippen LogP) is 3.62. The van der Waals surface area contributed by atoms with Crippen LogP contribution in [0.1, 0.15) is 37.7 Å². The number of nitriles is 3. The van der Waals surface area contributed by atoms with Gasteiger partial charge in [0.1, 0.15) is 6.07 Å². The maximum Gasteiger partial charge on any atom is 0.191 e. The largest absolute Gasteiger partial charge is 0.493 e. The zero-order valence-electron chi connectivity index (χ0n) is 18.9. The molecular weight excluding hydrogens is 402 g/mol. The fourth-order valence-corrected chi connectivity index (χ4v) is 4.73. The van der Waals surface area contributed by atoms with Gasteiger partial charge in [-0.2, -0.15) is 15.8 Å². The Labute approximate surface area is 189 Å². The smallest absolute Gasteiger partial charge is 0.191 e. The minimum atomic E-state index is -1.65. The van der Waals surface area contributed by atoms with Crippen molar-refractivity contribution in [2.45, 2.75) is 32.1 Å². The molecule has 1 aliphatic heterocycles. The number of nitrogens with two attached hydrogens (primary N) is 1. The second-order valence-corrected chi connectivity index (χ2v) is 8.36. The van der Waals surface area contributed by atoms with Crippen LogP contribution < -0.4 is 15.2 Å². The lowest BCUT2D eigenvalue weighted by molar-refractivity contribution is 0.237. The molecule has 32 heavy (non-hydrogen) atoms. The number of unbranched alkanes of at least 4 members (excludes halogenated alkanes) is 2. The predicted molar refractivity (Wildman–Crippen MR) is 120 cm³/mol. The molecule has 1 aromatic carbocycles. The van der Waals surface area contributed by atoms with E-state index >= 15 is 0 Å². The van der Waals surface area contributed by atoms with E-state index < -0.39 is 11.3 Å². The number of hydrogen-bond acceptors (Lipinski definition) is 7. The summed E-state index contributed by atoms with van der Waals surface area (Å²) >= 11 is 0. The molecule has 0 saturated carbocycles. The van der Waals surface area contributed by atoms with Crippen molar-refractivity contribution in [1.82, 2.24) is 4.90 Å². The Bertz CT molecular complexity index is 1040. The zero-order valence-corrected chi connectivity index (χ0v) is 18.9. The van der Waals surface area contributed by atoms with Crippen LogP contribution in [-0.2, 0) is 0 Å². The molecule has 1 heterocycles. The van der Waals surface area contributed by atoms with Crippen molar-refractivity contribution in [3.8, 4) is 29.7 Å². The Balaban J connectivity index is 2.12. The highest BCUT2D eigenvalue weighted by atomic mass is 16.5. The fourth-order valence-electron chi connectivity index (χ4n) is 4.73. The van der Waals surface area contributed by atoms with E-state index in [0.717, 1.165) is 30.4 Å². The molecule has 7 nitrogen and oxygen atoms in total. The number of likely N-dealkylation sites (N-methyl/N-ethyl adjacent to an activating group) is 1. The Morgan fingerprint density at radius 2 is 1.94 bits per heavy atom. The van der Waals surface area contributed by atoms with Gasteiger partial charge in [0.2, 0.25) is 0 Å². The molecule has 0 aromatic heterocycles. The Morgan fingerprint density at radius 1 is 1.19 bits per heavy atom. The molecule has 0 fully saturated rings. The van der Waals surface area contributed by atoms with Gasteiger partial charge in [0.05, 0.1) is 37.1 Å². The lowest BCUT2D eigenvalue weighted by atomic mass is 9.58. The van der Waals surface area contributed by atoms with E-state index in [1.165, 1.54) is 0 Å². The molecule has 2 atom stereocenters. The Kier molecular flexibility index (Phi) is 7.08. The van der Waals surface area contributed by atoms with Crippen LogP contribution in [-0.4, -0.2) is 38.8 Å². The highest BCUT2D eigenvalue weighted by Crippen LogP contribution is 2.54. The first-order chi connectivity index (χ1) is 15.5. The number of hydrogen-bond donors (Lipinski definition) is 1. The molecule has 0 saturated heterocycles. The molecule has 166 valence electrons. The maximum absolute atomic E-state index is 10.2. The number of nitrogens with zero attached hydrogens (tertiary/aromatic N) is 4. The van der Waals surface area contributed by atoms with Crippen LogP contribution in [0.15, 0.2) is 41.1 Å². The standard InChI is InChI=1S/C25H29N5O2/c1-4-5-6-11-32-21-8-7-17(12-22(21)31-3)23-20-14-30(2)10-9-18(20)19(13-26)24(29)25(23,15-27)16-28/h7-9,12,20,23H,4-6,10-11,14,29H2,1-3H3/t20-,23+/m1/s1. The summed E-state index contributed by atoms with van der Waals surface area (Å²) in [6.45, 7) is 4.02. The van der Waals surface area contributed by atoms with E-state index in [9.17, 15) is 15.8 Å². The quantitative estimate of drug-likeness (QED) is 0.655. The highest BCUT2D eigenvalue weighted by Gasteiger charge is 2.54. The van der Waals surface area contributed by atoms with E-state index in [1.54, 1.807) is 7.11 Å². The molecule has 0 unspecified atom stereocenters. The molecule has 1 aromatic rings. The summed E-state index contributed by atoms with van der Waals surface area (Å²) in [5.74, 6) is 0.398. The van der Waals surface area contributed by atoms with Crippen molar-refractivity contribution in [2.75, 3.05) is 33.9 Å². The lowest BCUT2D eigenvalue weighted by Crippen LogP contribution is -2.47. The first-order valence-electron chi connectivity index (χ1n) is 10.9. The summed E-state index contributed by atoms with van der Waals surface area (Å²) in [5, 5.41) is 30.1. The minimum Gasteiger partial charge on any atom is -0.493 e. The van der Waals surface area contributed by atoms with E-state index in [4.69, 9.17) is 15.2 Å². The normalized spacial score (nSPS) is 22.1. The average molecular weight is 432 g/mol. The first kappa shape index (κ1) is 23.2. The molecule has 1 aliphatic carbocycles. The maximum atomic E-state index is 10.2. The van der Waals surface area contributed by atoms with Gasteiger partial charge in [-0.05, 0) is 36.7 Å². The number of benzene rings is 1. The molecule has 0 amide bonds. The number of allylic oxidation sites excluding steroid dienone is 2. The van der Waals surface area contributed by atoms with Gasteiger partial charge in [0, 0.05) is 24.9 Å². The minimum absolute atomic E-state index is 0.0286. The number of fused-ring (bicyclic) bond motifs is 1. The van der Waals surface area contributed by atoms with Crippen molar-refractivity contribution in [2.24, 2.45) is 17.1 Å². The van der Waals surface area contributed by atoms with Gasteiger partial charge in [0.15, 0.2) is 16.9 Å². The third-order valence-electron chi connectivity index (χ3n) is 6.40. The third-order valence-corrected chi connectivity index (χ3v) is 6.40. The van der Waals surface area contributed by atoms with E-state index in [2.05, 4.69) is 30.0 Å². The van der Waals surface area contributed by atoms with Gasteiger partial charge in [-0.25, -0.2) is 0 Å². The molecule has 7 heteroatoms. The summed E-state index contributed by atoms with van der Waals surface area (Å²) in [6.07, 6.45) is 5.13. The van der Waals surface area contributed by atoms with Crippen LogP contribution in [0.3, 0.4) is 0 Å². The Hall–Kier alpha value is -3.47. The third kappa shape index (κ3) is 3.91. The van der Waals surface area contributed by atoms with Crippen molar-refractivity contribution < 1.29 is 9.47 Å². The number of rotatable bonds is 7. The summed E-state index contributed by atoms with van der Waals surface area (Å²) in [5.41, 5.74) is 6.56. The van der Waals surface area contributed by atoms with Crippen LogP contribution in [0.5, 0.6) is 11.5 Å². The van der Waals surface area contributed by atoms with Crippen molar-refractivity contribution in [3.05, 3.63) is 46.7 Å². The molecule has 0 bridgehead atoms. The van der Waals surface area contributed by atoms with Gasteiger partial charge in [0.25, 0.3) is 0 Å². The van der Waals surface area contributed by atoms with Gasteiger partial charge in [-0.15, -0.1) is 0 Å². The highest BCUT2D eigenvalue weighted by molar-refractivity contribution is 5.60. The van der Waals surface area contributed by atoms with E-state index in [0.29, 0.717) is 31.2 Å². The average Bonchev–Trinajstić information content (AvgIpc) is 2.81. The van der Waals surface area contributed by atoms with Crippen LogP contribution in [0, 0.1) is 45.3 Å². The number of methoxy groups -OCH3 is 1. The second-order valence-electron chi connectivity index (χ2n) is 8.36. The zero-order chi connectivity index (χ0) is 23.3. The summed E-state index contributed by atoms with van der Waals surface area (Å²) in [7, 11) is 3.55. The van der Waals surface area contributed by atoms with Gasteiger partial charge < -0.3 is 20.1 Å². The summed E-state index contributed by atoms with van der Waals surface area (Å²) in [6, 6.07) is 12.0. The monoisotopic (exact) mass is 431 g/mol.